The fourth-order valence-electron chi connectivity index (χ4n) is 4.50. The molecule has 3 aromatic rings. The van der Waals surface area contributed by atoms with Gasteiger partial charge in [0.25, 0.3) is 0 Å². The molecule has 0 amide bonds. The topological polar surface area (TPSA) is 88.0 Å². The third-order valence-corrected chi connectivity index (χ3v) is 8.14. The summed E-state index contributed by atoms with van der Waals surface area (Å²) in [6.07, 6.45) is 2.11. The lowest BCUT2D eigenvalue weighted by atomic mass is 9.87. The number of nitrogens with one attached hydrogen (secondary N) is 1. The van der Waals surface area contributed by atoms with Crippen molar-refractivity contribution in [3.63, 3.8) is 0 Å². The molecule has 5 rings (SSSR count). The molecule has 3 N–H and O–H groups in total. The maximum Gasteiger partial charge on any atom is 0.231 e. The second-order valence-corrected chi connectivity index (χ2v) is 10.7. The van der Waals surface area contributed by atoms with Crippen molar-refractivity contribution in [1.29, 1.82) is 0 Å². The average molecular weight is 466 g/mol. The number of Topliss-reactive ketones (excluding diaryl/α,β-unsaturated/α-hetero) is 1. The van der Waals surface area contributed by atoms with Crippen molar-refractivity contribution in [3.8, 4) is 22.6 Å². The first-order valence-electron chi connectivity index (χ1n) is 10.9. The van der Waals surface area contributed by atoms with Gasteiger partial charge in [-0.3, -0.25) is 13.9 Å². The Labute approximate surface area is 195 Å². The lowest BCUT2D eigenvalue weighted by Crippen LogP contribution is -2.22. The maximum absolute atomic E-state index is 13.3. The molecular formula is C26H27NO5S. The number of carbonyl (C=O) groups is 1. The van der Waals surface area contributed by atoms with Gasteiger partial charge in [0.05, 0.1) is 10.3 Å². The molecule has 0 aromatic heterocycles. The van der Waals surface area contributed by atoms with Gasteiger partial charge < -0.3 is 9.47 Å². The molecular weight excluding hydrogens is 438 g/mol. The molecule has 1 aliphatic heterocycles. The zero-order valence-electron chi connectivity index (χ0n) is 18.6. The second-order valence-electron chi connectivity index (χ2n) is 8.68. The Hall–Kier alpha value is -2.84. The van der Waals surface area contributed by atoms with E-state index in [-0.39, 0.29) is 12.6 Å². The molecule has 7 heteroatoms. The van der Waals surface area contributed by atoms with Crippen LogP contribution in [0, 0.1) is 6.92 Å². The molecule has 0 saturated heterocycles. The molecule has 2 aliphatic rings. The summed E-state index contributed by atoms with van der Waals surface area (Å²) in [7, 11) is -1.44. The first kappa shape index (κ1) is 22.0. The first-order chi connectivity index (χ1) is 15.8. The minimum Gasteiger partial charge on any atom is -0.454 e. The highest BCUT2D eigenvalue weighted by Crippen LogP contribution is 2.51. The van der Waals surface area contributed by atoms with Crippen LogP contribution in [0.25, 0.3) is 11.1 Å². The van der Waals surface area contributed by atoms with Gasteiger partial charge in [-0.05, 0) is 71.8 Å². The number of hydrogen-bond acceptors (Lipinski definition) is 6. The fourth-order valence-corrected chi connectivity index (χ4v) is 5.26. The van der Waals surface area contributed by atoms with Gasteiger partial charge >= 0.3 is 0 Å². The number of ether oxygens (including phenoxy) is 2. The van der Waals surface area contributed by atoms with E-state index >= 15 is 0 Å². The molecule has 33 heavy (non-hydrogen) atoms. The van der Waals surface area contributed by atoms with E-state index in [1.54, 1.807) is 12.1 Å². The van der Waals surface area contributed by atoms with Gasteiger partial charge in [0.1, 0.15) is 5.78 Å². The van der Waals surface area contributed by atoms with E-state index in [0.717, 1.165) is 46.4 Å². The molecule has 0 bridgehead atoms. The van der Waals surface area contributed by atoms with E-state index in [1.807, 2.05) is 49.4 Å². The van der Waals surface area contributed by atoms with Crippen LogP contribution in [0.3, 0.4) is 0 Å². The van der Waals surface area contributed by atoms with Crippen molar-refractivity contribution in [2.75, 3.05) is 13.8 Å². The Morgan fingerprint density at radius 2 is 1.73 bits per heavy atom. The highest BCUT2D eigenvalue weighted by atomic mass is 32.3. The monoisotopic (exact) mass is 465 g/mol. The van der Waals surface area contributed by atoms with E-state index < -0.39 is 16.2 Å². The van der Waals surface area contributed by atoms with E-state index in [0.29, 0.717) is 17.1 Å². The number of benzene rings is 3. The van der Waals surface area contributed by atoms with Crippen molar-refractivity contribution in [2.24, 2.45) is 0 Å². The zero-order valence-corrected chi connectivity index (χ0v) is 19.4. The molecule has 0 spiro atoms. The lowest BCUT2D eigenvalue weighted by molar-refractivity contribution is -0.120. The highest BCUT2D eigenvalue weighted by Gasteiger charge is 2.50. The number of rotatable bonds is 7. The largest absolute Gasteiger partial charge is 0.454 e. The smallest absolute Gasteiger partial charge is 0.231 e. The average Bonchev–Trinajstić information content (AvgIpc) is 3.50. The summed E-state index contributed by atoms with van der Waals surface area (Å²) in [4.78, 5) is 13.8. The molecule has 0 unspecified atom stereocenters. The van der Waals surface area contributed by atoms with Gasteiger partial charge in [-0.1, -0.05) is 36.4 Å². The normalized spacial score (nSPS) is 16.5. The molecule has 1 aliphatic carbocycles. The summed E-state index contributed by atoms with van der Waals surface area (Å²) in [6.45, 7) is 2.26. The summed E-state index contributed by atoms with van der Waals surface area (Å²) in [5.41, 5.74) is 4.70. The summed E-state index contributed by atoms with van der Waals surface area (Å²) in [5, 5.41) is 0. The summed E-state index contributed by atoms with van der Waals surface area (Å²) in [6, 6.07) is 19.1. The Morgan fingerprint density at radius 1 is 1.00 bits per heavy atom. The van der Waals surface area contributed by atoms with Gasteiger partial charge in [0.15, 0.2) is 11.5 Å². The van der Waals surface area contributed by atoms with Gasteiger partial charge in [-0.15, -0.1) is 10.8 Å². The predicted molar refractivity (Wildman–Crippen MR) is 129 cm³/mol. The first-order valence-corrected chi connectivity index (χ1v) is 12.5. The molecule has 1 fully saturated rings. The quantitative estimate of drug-likeness (QED) is 0.428. The molecule has 172 valence electrons. The molecule has 6 nitrogen and oxygen atoms in total. The number of aryl methyl sites for hydroxylation is 1. The zero-order chi connectivity index (χ0) is 23.2. The standard InChI is InChI=1S/C26H27NO5S/c1-17-13-18(3-9-22(17)19-4-7-21(8-5-19)33(29,30)27-2)14-25(28)26(11-12-26)20-6-10-23-24(15-20)32-16-31-23/h3-10,13,15,27,29-30H,11-12,14,16H2,1-2H3. The minimum atomic E-state index is -2.96. The van der Waals surface area contributed by atoms with Crippen molar-refractivity contribution < 1.29 is 23.4 Å². The predicted octanol–water partition coefficient (Wildman–Crippen LogP) is 5.48. The third-order valence-electron chi connectivity index (χ3n) is 6.64. The summed E-state index contributed by atoms with van der Waals surface area (Å²) < 4.78 is 33.5. The Balaban J connectivity index is 1.33. The van der Waals surface area contributed by atoms with Crippen LogP contribution in [0.2, 0.25) is 0 Å². The number of hydrogen-bond donors (Lipinski definition) is 3. The van der Waals surface area contributed by atoms with E-state index in [2.05, 4.69) is 10.8 Å². The van der Waals surface area contributed by atoms with Crippen LogP contribution in [-0.2, 0) is 16.6 Å². The van der Waals surface area contributed by atoms with Crippen molar-refractivity contribution in [2.45, 2.75) is 36.5 Å². The van der Waals surface area contributed by atoms with E-state index in [9.17, 15) is 13.9 Å². The molecule has 1 saturated carbocycles. The molecule has 0 atom stereocenters. The van der Waals surface area contributed by atoms with Crippen molar-refractivity contribution in [1.82, 2.24) is 4.72 Å². The maximum atomic E-state index is 13.3. The SMILES string of the molecule is CNS(O)(O)c1ccc(-c2ccc(CC(=O)C3(c4ccc5c(c4)OCO5)CC3)cc2C)cc1. The highest BCUT2D eigenvalue weighted by molar-refractivity contribution is 8.22. The van der Waals surface area contributed by atoms with Crippen LogP contribution in [0.15, 0.2) is 65.6 Å². The summed E-state index contributed by atoms with van der Waals surface area (Å²) in [5.74, 6) is 1.68. The van der Waals surface area contributed by atoms with Gasteiger partial charge in [-0.2, -0.15) is 0 Å². The van der Waals surface area contributed by atoms with Crippen molar-refractivity contribution in [3.05, 3.63) is 77.4 Å². The van der Waals surface area contributed by atoms with Gasteiger partial charge in [0, 0.05) is 13.5 Å². The van der Waals surface area contributed by atoms with Gasteiger partial charge in [0.2, 0.25) is 6.79 Å². The number of ketones is 1. The van der Waals surface area contributed by atoms with Crippen LogP contribution < -0.4 is 14.2 Å². The molecule has 1 heterocycles. The van der Waals surface area contributed by atoms with E-state index in [4.69, 9.17) is 9.47 Å². The third kappa shape index (κ3) is 4.02. The van der Waals surface area contributed by atoms with Crippen molar-refractivity contribution >= 4 is 16.6 Å². The summed E-state index contributed by atoms with van der Waals surface area (Å²) >= 11 is 0. The Morgan fingerprint density at radius 3 is 2.39 bits per heavy atom. The molecule has 3 aromatic carbocycles. The minimum absolute atomic E-state index is 0.228. The molecule has 0 radical (unpaired) electrons. The second kappa shape index (κ2) is 8.18. The Bertz CT molecular complexity index is 1220. The fraction of sp³-hybridized carbons (Fsp3) is 0.269. The Kier molecular flexibility index (Phi) is 5.45. The van der Waals surface area contributed by atoms with Crippen LogP contribution in [0.5, 0.6) is 11.5 Å². The van der Waals surface area contributed by atoms with Crippen LogP contribution in [0.4, 0.5) is 0 Å². The van der Waals surface area contributed by atoms with Gasteiger partial charge in [-0.25, -0.2) is 4.72 Å². The number of carbonyl (C=O) groups excluding carboxylic acids is 1. The van der Waals surface area contributed by atoms with Crippen LogP contribution >= 0.6 is 10.8 Å². The van der Waals surface area contributed by atoms with E-state index in [1.165, 1.54) is 7.05 Å². The lowest BCUT2D eigenvalue weighted by Gasteiger charge is -2.31. The van der Waals surface area contributed by atoms with Crippen LogP contribution in [-0.4, -0.2) is 28.7 Å². The van der Waals surface area contributed by atoms with Crippen LogP contribution in [0.1, 0.15) is 29.5 Å². The number of fused-ring (bicyclic) bond motifs is 1.